The van der Waals surface area contributed by atoms with Crippen molar-refractivity contribution in [2.24, 2.45) is 0 Å². The molecule has 0 saturated heterocycles. The normalized spacial score (nSPS) is 13.0. The summed E-state index contributed by atoms with van der Waals surface area (Å²) in [5, 5.41) is 8.62. The zero-order chi connectivity index (χ0) is 16.4. The Balaban J connectivity index is 3.17. The molecule has 0 amide bonds. The lowest BCUT2D eigenvalue weighted by Gasteiger charge is -2.24. The highest BCUT2D eigenvalue weighted by molar-refractivity contribution is 7.99. The van der Waals surface area contributed by atoms with Crippen molar-refractivity contribution in [2.75, 3.05) is 5.75 Å². The van der Waals surface area contributed by atoms with Crippen LogP contribution in [0.15, 0.2) is 11.4 Å². The summed E-state index contributed by atoms with van der Waals surface area (Å²) in [6.45, 7) is 3.95. The lowest BCUT2D eigenvalue weighted by Crippen LogP contribution is -2.34. The Kier molecular flexibility index (Phi) is 5.30. The van der Waals surface area contributed by atoms with Crippen molar-refractivity contribution in [2.45, 2.75) is 50.2 Å². The number of hydrogen-bond donors (Lipinski definition) is 1. The highest BCUT2D eigenvalue weighted by Crippen LogP contribution is 2.32. The molecule has 1 heterocycles. The molecule has 0 saturated carbocycles. The van der Waals surface area contributed by atoms with Gasteiger partial charge in [0.15, 0.2) is 5.16 Å². The number of aliphatic carboxylic acids is 1. The molecular weight excluding hydrogens is 312 g/mol. The monoisotopic (exact) mass is 328 g/mol. The third kappa shape index (κ3) is 4.62. The van der Waals surface area contributed by atoms with Crippen LogP contribution in [0.2, 0.25) is 0 Å². The second-order valence-corrected chi connectivity index (χ2v) is 6.45. The van der Waals surface area contributed by atoms with Crippen LogP contribution in [0.1, 0.15) is 26.5 Å². The van der Waals surface area contributed by atoms with Gasteiger partial charge in [-0.2, -0.15) is 8.78 Å². The van der Waals surface area contributed by atoms with Crippen LogP contribution in [0.4, 0.5) is 17.6 Å². The summed E-state index contributed by atoms with van der Waals surface area (Å²) in [5.74, 6) is -5.74. The predicted octanol–water partition coefficient (Wildman–Crippen LogP) is 3.26. The summed E-state index contributed by atoms with van der Waals surface area (Å²) in [7, 11) is 0. The van der Waals surface area contributed by atoms with Crippen molar-refractivity contribution in [1.29, 1.82) is 0 Å². The van der Waals surface area contributed by atoms with E-state index in [1.165, 1.54) is 6.20 Å². The van der Waals surface area contributed by atoms with E-state index in [1.807, 2.05) is 0 Å². The fraction of sp³-hybridized carbons (Fsp3) is 0.667. The lowest BCUT2D eigenvalue weighted by atomic mass is 9.92. The molecular formula is C12H16F4N2O2S. The zero-order valence-corrected chi connectivity index (χ0v) is 12.6. The summed E-state index contributed by atoms with van der Waals surface area (Å²) in [6, 6.07) is 0. The Bertz CT molecular complexity index is 512. The minimum absolute atomic E-state index is 0.0114. The van der Waals surface area contributed by atoms with Gasteiger partial charge < -0.3 is 9.67 Å². The van der Waals surface area contributed by atoms with Crippen LogP contribution in [-0.2, 0) is 16.8 Å². The van der Waals surface area contributed by atoms with Crippen molar-refractivity contribution >= 4 is 17.7 Å². The number of imidazole rings is 1. The Morgan fingerprint density at radius 1 is 1.43 bits per heavy atom. The van der Waals surface area contributed by atoms with Gasteiger partial charge in [0.05, 0.1) is 12.3 Å². The molecule has 0 spiro atoms. The predicted molar refractivity (Wildman–Crippen MR) is 70.2 cm³/mol. The van der Waals surface area contributed by atoms with E-state index < -0.39 is 30.3 Å². The van der Waals surface area contributed by atoms with E-state index in [2.05, 4.69) is 4.98 Å². The first kappa shape index (κ1) is 17.8. The molecule has 1 N–H and O–H groups in total. The summed E-state index contributed by atoms with van der Waals surface area (Å²) >= 11 is 0.719. The molecule has 0 aliphatic carbocycles. The van der Waals surface area contributed by atoms with Gasteiger partial charge in [-0.3, -0.25) is 4.79 Å². The standard InChI is InChI=1S/C12H16F4N2O2S/c1-11(2,3)7-4-17-10(21-5-8(19)20)18(7)6-12(15,16)9(13)14/h4,9H,5-6H2,1-3H3,(H,19,20). The van der Waals surface area contributed by atoms with E-state index >= 15 is 0 Å². The average molecular weight is 328 g/mol. The molecule has 4 nitrogen and oxygen atoms in total. The van der Waals surface area contributed by atoms with Gasteiger partial charge in [0.2, 0.25) is 0 Å². The summed E-state index contributed by atoms with van der Waals surface area (Å²) in [5.41, 5.74) is -0.247. The van der Waals surface area contributed by atoms with Gasteiger partial charge >= 0.3 is 18.3 Å². The number of rotatable bonds is 6. The Morgan fingerprint density at radius 3 is 2.43 bits per heavy atom. The number of nitrogens with zero attached hydrogens (tertiary/aromatic N) is 2. The molecule has 0 aromatic carbocycles. The molecule has 0 aliphatic heterocycles. The van der Waals surface area contributed by atoms with Crippen LogP contribution >= 0.6 is 11.8 Å². The van der Waals surface area contributed by atoms with E-state index in [9.17, 15) is 22.4 Å². The second kappa shape index (κ2) is 6.25. The summed E-state index contributed by atoms with van der Waals surface area (Å²) in [4.78, 5) is 14.4. The highest BCUT2D eigenvalue weighted by atomic mass is 32.2. The van der Waals surface area contributed by atoms with E-state index in [0.717, 1.165) is 16.3 Å². The van der Waals surface area contributed by atoms with Crippen LogP contribution in [0.25, 0.3) is 0 Å². The van der Waals surface area contributed by atoms with Gasteiger partial charge in [-0.05, 0) is 0 Å². The molecule has 0 atom stereocenters. The van der Waals surface area contributed by atoms with Crippen LogP contribution in [0.5, 0.6) is 0 Å². The SMILES string of the molecule is CC(C)(C)c1cnc(SCC(=O)O)n1CC(F)(F)C(F)F. The van der Waals surface area contributed by atoms with Gasteiger partial charge in [-0.15, -0.1) is 0 Å². The molecule has 9 heteroatoms. The van der Waals surface area contributed by atoms with Crippen LogP contribution in [0, 0.1) is 0 Å². The molecule has 1 aromatic heterocycles. The number of carboxylic acids is 1. The minimum atomic E-state index is -4.21. The van der Waals surface area contributed by atoms with Gasteiger partial charge in [0, 0.05) is 17.3 Å². The van der Waals surface area contributed by atoms with E-state index in [4.69, 9.17) is 5.11 Å². The van der Waals surface area contributed by atoms with Crippen molar-refractivity contribution in [3.8, 4) is 0 Å². The first-order valence-electron chi connectivity index (χ1n) is 6.01. The summed E-state index contributed by atoms with van der Waals surface area (Å²) in [6.07, 6.45) is -2.49. The molecule has 120 valence electrons. The Morgan fingerprint density at radius 2 is 2.00 bits per heavy atom. The second-order valence-electron chi connectivity index (χ2n) is 5.51. The molecule has 0 unspecified atom stereocenters. The van der Waals surface area contributed by atoms with Gasteiger partial charge in [-0.25, -0.2) is 13.8 Å². The lowest BCUT2D eigenvalue weighted by molar-refractivity contribution is -0.139. The number of alkyl halides is 4. The van der Waals surface area contributed by atoms with Crippen molar-refractivity contribution in [1.82, 2.24) is 9.55 Å². The van der Waals surface area contributed by atoms with Gasteiger partial charge in [0.25, 0.3) is 0 Å². The maximum Gasteiger partial charge on any atom is 0.324 e. The average Bonchev–Trinajstić information content (AvgIpc) is 2.68. The quantitative estimate of drug-likeness (QED) is 0.643. The van der Waals surface area contributed by atoms with Gasteiger partial charge in [0.1, 0.15) is 0 Å². The maximum absolute atomic E-state index is 13.3. The molecule has 0 radical (unpaired) electrons. The minimum Gasteiger partial charge on any atom is -0.481 e. The first-order chi connectivity index (χ1) is 9.45. The third-order valence-electron chi connectivity index (χ3n) is 2.60. The van der Waals surface area contributed by atoms with Crippen molar-refractivity contribution < 1.29 is 27.5 Å². The van der Waals surface area contributed by atoms with E-state index in [-0.39, 0.29) is 10.9 Å². The number of hydrogen-bond acceptors (Lipinski definition) is 3. The third-order valence-corrected chi connectivity index (χ3v) is 3.58. The van der Waals surface area contributed by atoms with Crippen LogP contribution in [0.3, 0.4) is 0 Å². The number of carbonyl (C=O) groups is 1. The fourth-order valence-corrected chi connectivity index (χ4v) is 2.33. The van der Waals surface area contributed by atoms with E-state index in [1.54, 1.807) is 20.8 Å². The van der Waals surface area contributed by atoms with Crippen molar-refractivity contribution in [3.63, 3.8) is 0 Å². The first-order valence-corrected chi connectivity index (χ1v) is 7.00. The number of halogens is 4. The van der Waals surface area contributed by atoms with Crippen molar-refractivity contribution in [3.05, 3.63) is 11.9 Å². The van der Waals surface area contributed by atoms with Crippen LogP contribution in [-0.4, -0.2) is 38.7 Å². The van der Waals surface area contributed by atoms with Crippen LogP contribution < -0.4 is 0 Å². The summed E-state index contributed by atoms with van der Waals surface area (Å²) < 4.78 is 52.4. The molecule has 0 aliphatic rings. The topological polar surface area (TPSA) is 55.1 Å². The largest absolute Gasteiger partial charge is 0.481 e. The number of aromatic nitrogens is 2. The highest BCUT2D eigenvalue weighted by Gasteiger charge is 2.42. The van der Waals surface area contributed by atoms with Gasteiger partial charge in [-0.1, -0.05) is 32.5 Å². The number of carboxylic acid groups (broad SMARTS) is 1. The maximum atomic E-state index is 13.3. The Labute approximate surface area is 123 Å². The number of thioether (sulfide) groups is 1. The zero-order valence-electron chi connectivity index (χ0n) is 11.7. The molecule has 0 fully saturated rings. The molecule has 21 heavy (non-hydrogen) atoms. The smallest absolute Gasteiger partial charge is 0.324 e. The Hall–Kier alpha value is -1.25. The molecule has 0 bridgehead atoms. The van der Waals surface area contributed by atoms with E-state index in [0.29, 0.717) is 5.69 Å². The molecule has 1 rings (SSSR count). The fourth-order valence-electron chi connectivity index (χ4n) is 1.63. The molecule has 1 aromatic rings.